The molecule has 2 aromatic carbocycles. The normalized spacial score (nSPS) is 13.4. The predicted molar refractivity (Wildman–Crippen MR) is 90.7 cm³/mol. The Labute approximate surface area is 144 Å². The smallest absolute Gasteiger partial charge is 0.313 e. The maximum atomic E-state index is 12.3. The van der Waals surface area contributed by atoms with Crippen LogP contribution < -0.4 is 5.32 Å². The van der Waals surface area contributed by atoms with Crippen LogP contribution in [-0.4, -0.2) is 23.3 Å². The zero-order valence-corrected chi connectivity index (χ0v) is 13.7. The van der Waals surface area contributed by atoms with Gasteiger partial charge in [0, 0.05) is 18.1 Å². The molecule has 0 unspecified atom stereocenters. The molecule has 0 aliphatic carbocycles. The van der Waals surface area contributed by atoms with Gasteiger partial charge in [-0.05, 0) is 35.7 Å². The lowest BCUT2D eigenvalue weighted by atomic mass is 10.00. The molecule has 23 heavy (non-hydrogen) atoms. The number of carbonyl (C=O) groups is 2. The lowest BCUT2D eigenvalue weighted by molar-refractivity contribution is -0.143. The third-order valence-electron chi connectivity index (χ3n) is 3.79. The summed E-state index contributed by atoms with van der Waals surface area (Å²) in [6.07, 6.45) is 0.743. The maximum absolute atomic E-state index is 12.3. The topological polar surface area (TPSA) is 49.4 Å². The Morgan fingerprint density at radius 1 is 1.04 bits per heavy atom. The SMILES string of the molecule is O=C(Nc1cc(Cl)ccc1Cl)C(=O)N1CCc2ccccc2C1. The van der Waals surface area contributed by atoms with Crippen LogP contribution in [0, 0.1) is 0 Å². The second-order valence-electron chi connectivity index (χ2n) is 5.32. The number of rotatable bonds is 1. The molecule has 0 atom stereocenters. The Hall–Kier alpha value is -2.04. The number of amides is 2. The molecule has 6 heteroatoms. The first-order valence-corrected chi connectivity index (χ1v) is 7.92. The van der Waals surface area contributed by atoms with Gasteiger partial charge in [0.15, 0.2) is 0 Å². The number of fused-ring (bicyclic) bond motifs is 1. The van der Waals surface area contributed by atoms with Crippen LogP contribution in [0.4, 0.5) is 5.69 Å². The van der Waals surface area contributed by atoms with E-state index in [1.165, 1.54) is 16.5 Å². The molecule has 0 bridgehead atoms. The molecule has 4 nitrogen and oxygen atoms in total. The largest absolute Gasteiger partial charge is 0.330 e. The third kappa shape index (κ3) is 3.49. The van der Waals surface area contributed by atoms with Crippen molar-refractivity contribution >= 4 is 40.7 Å². The van der Waals surface area contributed by atoms with E-state index in [0.29, 0.717) is 28.8 Å². The molecule has 1 N–H and O–H groups in total. The Morgan fingerprint density at radius 2 is 1.78 bits per heavy atom. The van der Waals surface area contributed by atoms with Crippen molar-refractivity contribution in [3.63, 3.8) is 0 Å². The number of anilines is 1. The molecule has 2 amide bonds. The molecule has 0 saturated carbocycles. The van der Waals surface area contributed by atoms with Crippen molar-refractivity contribution in [3.05, 3.63) is 63.6 Å². The van der Waals surface area contributed by atoms with Crippen molar-refractivity contribution in [2.75, 3.05) is 11.9 Å². The van der Waals surface area contributed by atoms with Crippen LogP contribution in [0.3, 0.4) is 0 Å². The van der Waals surface area contributed by atoms with Crippen molar-refractivity contribution in [1.82, 2.24) is 4.90 Å². The summed E-state index contributed by atoms with van der Waals surface area (Å²) >= 11 is 11.9. The summed E-state index contributed by atoms with van der Waals surface area (Å²) in [7, 11) is 0. The lowest BCUT2D eigenvalue weighted by Crippen LogP contribution is -2.42. The van der Waals surface area contributed by atoms with Crippen molar-refractivity contribution in [2.45, 2.75) is 13.0 Å². The quantitative estimate of drug-likeness (QED) is 0.801. The fraction of sp³-hybridized carbons (Fsp3) is 0.176. The second kappa shape index (κ2) is 6.60. The summed E-state index contributed by atoms with van der Waals surface area (Å²) in [5.74, 6) is -1.29. The van der Waals surface area contributed by atoms with Gasteiger partial charge in [-0.2, -0.15) is 0 Å². The van der Waals surface area contributed by atoms with Gasteiger partial charge in [-0.25, -0.2) is 0 Å². The van der Waals surface area contributed by atoms with Gasteiger partial charge in [-0.1, -0.05) is 47.5 Å². The summed E-state index contributed by atoms with van der Waals surface area (Å²) in [6.45, 7) is 0.957. The average molecular weight is 349 g/mol. The summed E-state index contributed by atoms with van der Waals surface area (Å²) < 4.78 is 0. The number of carbonyl (C=O) groups excluding carboxylic acids is 2. The van der Waals surface area contributed by atoms with Gasteiger partial charge in [-0.3, -0.25) is 9.59 Å². The molecular weight excluding hydrogens is 335 g/mol. The first-order valence-electron chi connectivity index (χ1n) is 7.16. The summed E-state index contributed by atoms with van der Waals surface area (Å²) in [5, 5.41) is 3.29. The highest BCUT2D eigenvalue weighted by Crippen LogP contribution is 2.25. The van der Waals surface area contributed by atoms with E-state index in [1.54, 1.807) is 12.1 Å². The monoisotopic (exact) mass is 348 g/mol. The fourth-order valence-electron chi connectivity index (χ4n) is 2.58. The van der Waals surface area contributed by atoms with E-state index in [1.807, 2.05) is 24.3 Å². The van der Waals surface area contributed by atoms with Crippen LogP contribution in [0.2, 0.25) is 10.0 Å². The molecular formula is C17H14Cl2N2O2. The Kier molecular flexibility index (Phi) is 4.55. The van der Waals surface area contributed by atoms with Gasteiger partial charge in [0.05, 0.1) is 10.7 Å². The minimum absolute atomic E-state index is 0.329. The predicted octanol–water partition coefficient (Wildman–Crippen LogP) is 3.52. The third-order valence-corrected chi connectivity index (χ3v) is 4.35. The molecule has 0 saturated heterocycles. The lowest BCUT2D eigenvalue weighted by Gasteiger charge is -2.28. The van der Waals surface area contributed by atoms with Crippen LogP contribution in [0.15, 0.2) is 42.5 Å². The second-order valence-corrected chi connectivity index (χ2v) is 6.17. The Bertz CT molecular complexity index is 777. The van der Waals surface area contributed by atoms with Gasteiger partial charge >= 0.3 is 11.8 Å². The van der Waals surface area contributed by atoms with Gasteiger partial charge in [0.2, 0.25) is 0 Å². The van der Waals surface area contributed by atoms with Crippen LogP contribution in [0.5, 0.6) is 0 Å². The number of nitrogens with one attached hydrogen (secondary N) is 1. The zero-order valence-electron chi connectivity index (χ0n) is 12.2. The Balaban J connectivity index is 1.71. The maximum Gasteiger partial charge on any atom is 0.313 e. The summed E-state index contributed by atoms with van der Waals surface area (Å²) in [4.78, 5) is 26.1. The standard InChI is InChI=1S/C17H14Cl2N2O2/c18-13-5-6-14(19)15(9-13)20-16(22)17(23)21-8-7-11-3-1-2-4-12(11)10-21/h1-6,9H,7-8,10H2,(H,20,22). The van der Waals surface area contributed by atoms with Gasteiger partial charge in [0.1, 0.15) is 0 Å². The minimum Gasteiger partial charge on any atom is -0.330 e. The van der Waals surface area contributed by atoms with E-state index < -0.39 is 11.8 Å². The molecule has 1 aliphatic rings. The van der Waals surface area contributed by atoms with Crippen molar-refractivity contribution in [2.24, 2.45) is 0 Å². The first kappa shape index (κ1) is 15.8. The van der Waals surface area contributed by atoms with Gasteiger partial charge in [0.25, 0.3) is 0 Å². The molecule has 1 aliphatic heterocycles. The van der Waals surface area contributed by atoms with E-state index in [4.69, 9.17) is 23.2 Å². The number of nitrogens with zero attached hydrogens (tertiary/aromatic N) is 1. The van der Waals surface area contributed by atoms with Gasteiger partial charge < -0.3 is 10.2 Å². The van der Waals surface area contributed by atoms with Crippen LogP contribution >= 0.6 is 23.2 Å². The van der Waals surface area contributed by atoms with Crippen molar-refractivity contribution in [1.29, 1.82) is 0 Å². The van der Waals surface area contributed by atoms with E-state index in [0.717, 1.165) is 12.0 Å². The molecule has 0 aromatic heterocycles. The molecule has 0 fully saturated rings. The van der Waals surface area contributed by atoms with Gasteiger partial charge in [-0.15, -0.1) is 0 Å². The summed E-state index contributed by atoms with van der Waals surface area (Å²) in [5.41, 5.74) is 2.62. The minimum atomic E-state index is -0.714. The number of halogens is 2. The van der Waals surface area contributed by atoms with Crippen LogP contribution in [-0.2, 0) is 22.6 Å². The van der Waals surface area contributed by atoms with Crippen molar-refractivity contribution in [3.8, 4) is 0 Å². The molecule has 1 heterocycles. The molecule has 118 valence electrons. The molecule has 2 aromatic rings. The van der Waals surface area contributed by atoms with E-state index in [2.05, 4.69) is 5.32 Å². The van der Waals surface area contributed by atoms with Crippen LogP contribution in [0.25, 0.3) is 0 Å². The van der Waals surface area contributed by atoms with Crippen molar-refractivity contribution < 1.29 is 9.59 Å². The molecule has 3 rings (SSSR count). The zero-order chi connectivity index (χ0) is 16.4. The van der Waals surface area contributed by atoms with E-state index >= 15 is 0 Å². The van der Waals surface area contributed by atoms with E-state index in [-0.39, 0.29) is 0 Å². The first-order chi connectivity index (χ1) is 11.0. The summed E-state index contributed by atoms with van der Waals surface area (Å²) in [6, 6.07) is 12.6. The highest BCUT2D eigenvalue weighted by Gasteiger charge is 2.26. The number of hydrogen-bond donors (Lipinski definition) is 1. The van der Waals surface area contributed by atoms with E-state index in [9.17, 15) is 9.59 Å². The molecule has 0 spiro atoms. The van der Waals surface area contributed by atoms with Crippen LogP contribution in [0.1, 0.15) is 11.1 Å². The Morgan fingerprint density at radius 3 is 2.57 bits per heavy atom. The fourth-order valence-corrected chi connectivity index (χ4v) is 2.92. The highest BCUT2D eigenvalue weighted by molar-refractivity contribution is 6.42. The number of benzene rings is 2. The highest BCUT2D eigenvalue weighted by atomic mass is 35.5. The number of hydrogen-bond acceptors (Lipinski definition) is 2. The molecule has 0 radical (unpaired) electrons. The average Bonchev–Trinajstić information content (AvgIpc) is 2.57.